The van der Waals surface area contributed by atoms with E-state index in [1.54, 1.807) is 31.2 Å². The normalized spacial score (nSPS) is 12.2. The third kappa shape index (κ3) is 3.62. The van der Waals surface area contributed by atoms with Crippen molar-refractivity contribution in [1.82, 2.24) is 4.37 Å². The van der Waals surface area contributed by atoms with Crippen LogP contribution in [0, 0.1) is 18.3 Å². The predicted octanol–water partition coefficient (Wildman–Crippen LogP) is 3.92. The first-order valence-electron chi connectivity index (χ1n) is 7.94. The third-order valence-electron chi connectivity index (χ3n) is 3.84. The monoisotopic (exact) mass is 381 g/mol. The van der Waals surface area contributed by atoms with Gasteiger partial charge in [0.2, 0.25) is 5.82 Å². The lowest BCUT2D eigenvalue weighted by Crippen LogP contribution is -2.24. The highest BCUT2D eigenvalue weighted by Crippen LogP contribution is 2.38. The summed E-state index contributed by atoms with van der Waals surface area (Å²) in [6.07, 6.45) is -1.20. The van der Waals surface area contributed by atoms with Gasteiger partial charge in [0.05, 0.1) is 11.4 Å². The number of benzene rings is 2. The molecule has 0 spiro atoms. The Balaban J connectivity index is 2.12. The summed E-state index contributed by atoms with van der Waals surface area (Å²) in [4.78, 5) is 12.6. The number of aliphatic hydroxyl groups excluding tert-OH is 1. The summed E-state index contributed by atoms with van der Waals surface area (Å²) in [5, 5.41) is 40.6. The van der Waals surface area contributed by atoms with Crippen molar-refractivity contribution >= 4 is 45.4 Å². The first-order chi connectivity index (χ1) is 12.9. The number of carbonyl (C=O) groups excluding carboxylic acids is 1. The average Bonchev–Trinajstić information content (AvgIpc) is 3.01. The number of nitrogens with zero attached hydrogens (tertiary/aromatic N) is 4. The number of aromatic hydroxyl groups is 1. The Kier molecular flexibility index (Phi) is 5.12. The fourth-order valence-corrected chi connectivity index (χ4v) is 3.04. The molecule has 3 rings (SSSR count). The molecule has 0 saturated heterocycles. The summed E-state index contributed by atoms with van der Waals surface area (Å²) < 4.78 is 4.10. The van der Waals surface area contributed by atoms with E-state index < -0.39 is 12.0 Å². The zero-order chi connectivity index (χ0) is 19.6. The van der Waals surface area contributed by atoms with Crippen LogP contribution >= 0.6 is 11.5 Å². The van der Waals surface area contributed by atoms with Crippen LogP contribution in [0.3, 0.4) is 0 Å². The van der Waals surface area contributed by atoms with E-state index in [0.717, 1.165) is 16.4 Å². The number of aryl methyl sites for hydroxylation is 1. The lowest BCUT2D eigenvalue weighted by Gasteiger charge is -2.12. The van der Waals surface area contributed by atoms with Gasteiger partial charge < -0.3 is 15.5 Å². The van der Waals surface area contributed by atoms with E-state index in [4.69, 9.17) is 0 Å². The molecule has 0 radical (unpaired) electrons. The fourth-order valence-electron chi connectivity index (χ4n) is 2.46. The van der Waals surface area contributed by atoms with Crippen LogP contribution in [0.25, 0.3) is 10.8 Å². The van der Waals surface area contributed by atoms with Gasteiger partial charge >= 0.3 is 0 Å². The molecule has 27 heavy (non-hydrogen) atoms. The van der Waals surface area contributed by atoms with Crippen LogP contribution in [0.15, 0.2) is 40.6 Å². The molecule has 0 aliphatic rings. The minimum absolute atomic E-state index is 0.0133. The van der Waals surface area contributed by atoms with Crippen molar-refractivity contribution < 1.29 is 15.0 Å². The summed E-state index contributed by atoms with van der Waals surface area (Å²) in [5.41, 5.74) is 1.10. The molecule has 9 heteroatoms. The lowest BCUT2D eigenvalue weighted by molar-refractivity contribution is -0.123. The Labute approximate surface area is 158 Å². The maximum absolute atomic E-state index is 11.9. The van der Waals surface area contributed by atoms with Crippen molar-refractivity contribution in [2.75, 3.05) is 5.32 Å². The summed E-state index contributed by atoms with van der Waals surface area (Å²) >= 11 is 1.16. The number of hydrogen-bond donors (Lipinski definition) is 3. The van der Waals surface area contributed by atoms with E-state index in [2.05, 4.69) is 19.9 Å². The van der Waals surface area contributed by atoms with Gasteiger partial charge in [-0.1, -0.05) is 12.1 Å². The summed E-state index contributed by atoms with van der Waals surface area (Å²) in [6, 6.07) is 10.0. The van der Waals surface area contributed by atoms with Gasteiger partial charge in [0.15, 0.2) is 0 Å². The Morgan fingerprint density at radius 2 is 2.11 bits per heavy atom. The van der Waals surface area contributed by atoms with Crippen molar-refractivity contribution in [3.8, 4) is 11.8 Å². The predicted molar refractivity (Wildman–Crippen MR) is 102 cm³/mol. The first kappa shape index (κ1) is 18.4. The topological polar surface area (TPSA) is 131 Å². The number of nitrogens with one attached hydrogen (secondary N) is 1. The number of phenolic OH excluding ortho intramolecular Hbond substituents is 1. The third-order valence-corrected chi connectivity index (χ3v) is 4.58. The molecule has 0 aliphatic heterocycles. The Hall–Kier alpha value is -3.35. The number of phenols is 1. The van der Waals surface area contributed by atoms with Gasteiger partial charge in [0.1, 0.15) is 23.5 Å². The van der Waals surface area contributed by atoms with Crippen molar-refractivity contribution in [3.63, 3.8) is 0 Å². The number of fused-ring (bicyclic) bond motifs is 1. The molecule has 1 amide bonds. The minimum atomic E-state index is -1.20. The maximum Gasteiger partial charge on any atom is 0.252 e. The van der Waals surface area contributed by atoms with Crippen LogP contribution in [-0.2, 0) is 4.79 Å². The number of aliphatic hydroxyl groups is 1. The molecule has 2 aromatic carbocycles. The standard InChI is InChI=1S/C18H15N5O3S/c1-9(24)18(26)20-13-5-3-4-11-15(25)7-6-14(16(11)13)21-22-17-12(8-19)10(2)27-23-17/h3-7,9,24-25H,1-2H3,(H,20,26)/b22-21+. The van der Waals surface area contributed by atoms with Gasteiger partial charge in [-0.2, -0.15) is 9.64 Å². The number of aromatic nitrogens is 1. The highest BCUT2D eigenvalue weighted by molar-refractivity contribution is 7.06. The van der Waals surface area contributed by atoms with E-state index in [1.165, 1.54) is 13.0 Å². The average molecular weight is 381 g/mol. The molecule has 3 aromatic rings. The molecule has 1 unspecified atom stereocenters. The number of anilines is 1. The van der Waals surface area contributed by atoms with E-state index in [-0.39, 0.29) is 11.6 Å². The SMILES string of the molecule is Cc1snc(/N=N/c2ccc(O)c3cccc(NC(=O)C(C)O)c23)c1C#N. The second-order valence-electron chi connectivity index (χ2n) is 5.75. The van der Waals surface area contributed by atoms with Crippen LogP contribution < -0.4 is 5.32 Å². The molecule has 3 N–H and O–H groups in total. The van der Waals surface area contributed by atoms with Gasteiger partial charge in [-0.25, -0.2) is 0 Å². The zero-order valence-electron chi connectivity index (χ0n) is 14.5. The van der Waals surface area contributed by atoms with Crippen molar-refractivity contribution in [3.05, 3.63) is 40.8 Å². The molecule has 1 aromatic heterocycles. The van der Waals surface area contributed by atoms with Crippen molar-refractivity contribution in [2.24, 2.45) is 10.2 Å². The molecular formula is C18H15N5O3S. The molecule has 136 valence electrons. The number of hydrogen-bond acceptors (Lipinski definition) is 8. The van der Waals surface area contributed by atoms with E-state index >= 15 is 0 Å². The molecule has 0 fully saturated rings. The fraction of sp³-hybridized carbons (Fsp3) is 0.167. The highest BCUT2D eigenvalue weighted by atomic mass is 32.1. The van der Waals surface area contributed by atoms with Crippen LogP contribution in [0.1, 0.15) is 17.4 Å². The molecule has 1 atom stereocenters. The summed E-state index contributed by atoms with van der Waals surface area (Å²) in [6.45, 7) is 3.13. The van der Waals surface area contributed by atoms with Gasteiger partial charge in [-0.15, -0.1) is 10.2 Å². The number of rotatable bonds is 4. The van der Waals surface area contributed by atoms with Gasteiger partial charge in [-0.05, 0) is 43.6 Å². The van der Waals surface area contributed by atoms with E-state index in [1.807, 2.05) is 6.07 Å². The summed E-state index contributed by atoms with van der Waals surface area (Å²) in [7, 11) is 0. The van der Waals surface area contributed by atoms with Gasteiger partial charge in [0.25, 0.3) is 5.91 Å². The van der Waals surface area contributed by atoms with Crippen LogP contribution in [0.2, 0.25) is 0 Å². The Morgan fingerprint density at radius 3 is 2.81 bits per heavy atom. The van der Waals surface area contributed by atoms with Crippen molar-refractivity contribution in [1.29, 1.82) is 5.26 Å². The summed E-state index contributed by atoms with van der Waals surface area (Å²) in [5.74, 6) is -0.360. The molecule has 8 nitrogen and oxygen atoms in total. The van der Waals surface area contributed by atoms with Crippen LogP contribution in [-0.4, -0.2) is 26.6 Å². The van der Waals surface area contributed by atoms with Gasteiger partial charge in [0, 0.05) is 15.6 Å². The van der Waals surface area contributed by atoms with Crippen molar-refractivity contribution in [2.45, 2.75) is 20.0 Å². The largest absolute Gasteiger partial charge is 0.507 e. The van der Waals surface area contributed by atoms with E-state index in [9.17, 15) is 20.3 Å². The van der Waals surface area contributed by atoms with Crippen LogP contribution in [0.5, 0.6) is 5.75 Å². The highest BCUT2D eigenvalue weighted by Gasteiger charge is 2.15. The Morgan fingerprint density at radius 1 is 1.33 bits per heavy atom. The maximum atomic E-state index is 11.9. The molecule has 1 heterocycles. The Bertz CT molecular complexity index is 1100. The minimum Gasteiger partial charge on any atom is -0.507 e. The van der Waals surface area contributed by atoms with E-state index in [0.29, 0.717) is 27.7 Å². The zero-order valence-corrected chi connectivity index (χ0v) is 15.3. The van der Waals surface area contributed by atoms with Gasteiger partial charge in [-0.3, -0.25) is 4.79 Å². The number of carbonyl (C=O) groups is 1. The lowest BCUT2D eigenvalue weighted by atomic mass is 10.1. The number of azo groups is 1. The molecule has 0 saturated carbocycles. The smallest absolute Gasteiger partial charge is 0.252 e. The molecular weight excluding hydrogens is 366 g/mol. The second kappa shape index (κ2) is 7.49. The molecule has 0 bridgehead atoms. The first-order valence-corrected chi connectivity index (χ1v) is 8.71. The van der Waals surface area contributed by atoms with Crippen LogP contribution in [0.4, 0.5) is 17.2 Å². The molecule has 0 aliphatic carbocycles. The number of nitriles is 1. The second-order valence-corrected chi connectivity index (χ2v) is 6.72. The quantitative estimate of drug-likeness (QED) is 0.590. The number of amides is 1.